The third-order valence-corrected chi connectivity index (χ3v) is 4.91. The normalized spacial score (nSPS) is 11.2. The van der Waals surface area contributed by atoms with Crippen molar-refractivity contribution >= 4 is 39.8 Å². The summed E-state index contributed by atoms with van der Waals surface area (Å²) in [5.74, 6) is -0.929. The molecule has 2 aromatic heterocycles. The highest BCUT2D eigenvalue weighted by molar-refractivity contribution is 7.09. The van der Waals surface area contributed by atoms with Crippen LogP contribution >= 0.6 is 22.9 Å². The molecule has 2 N–H and O–H groups in total. The number of aromatic nitrogens is 1. The summed E-state index contributed by atoms with van der Waals surface area (Å²) in [5.41, 5.74) is 2.43. The summed E-state index contributed by atoms with van der Waals surface area (Å²) < 4.78 is 2.05. The van der Waals surface area contributed by atoms with E-state index >= 15 is 0 Å². The molecule has 2 heterocycles. The molecule has 0 atom stereocenters. The number of aliphatic carboxylic acids is 1. The lowest BCUT2D eigenvalue weighted by molar-refractivity contribution is -0.136. The minimum atomic E-state index is -0.896. The number of benzene rings is 1. The lowest BCUT2D eigenvalue weighted by atomic mass is 10.1. The maximum atomic E-state index is 11.1. The fourth-order valence-corrected chi connectivity index (χ4v) is 3.54. The maximum absolute atomic E-state index is 11.1. The number of rotatable bonds is 4. The summed E-state index contributed by atoms with van der Waals surface area (Å²) in [6.45, 7) is 2.55. The smallest absolute Gasteiger partial charge is 0.307 e. The third kappa shape index (κ3) is 2.58. The number of carboxylic acid groups (broad SMARTS) is 1. The number of carbonyl (C=O) groups is 1. The number of fused-ring (bicyclic) bond motifs is 1. The summed E-state index contributed by atoms with van der Waals surface area (Å²) in [7, 11) is 0. The molecule has 0 aliphatic carbocycles. The Kier molecular flexibility index (Phi) is 3.85. The minimum absolute atomic E-state index is 0.0333. The van der Waals surface area contributed by atoms with E-state index in [0.29, 0.717) is 12.1 Å². The summed E-state index contributed by atoms with van der Waals surface area (Å²) in [5, 5.41) is 22.0. The van der Waals surface area contributed by atoms with E-state index in [9.17, 15) is 9.90 Å². The molecule has 1 aromatic carbocycles. The summed E-state index contributed by atoms with van der Waals surface area (Å²) >= 11 is 7.68. The molecule has 0 fully saturated rings. The van der Waals surface area contributed by atoms with Crippen LogP contribution in [-0.4, -0.2) is 20.7 Å². The Morgan fingerprint density at radius 2 is 2.18 bits per heavy atom. The van der Waals surface area contributed by atoms with Crippen LogP contribution in [0.1, 0.15) is 16.1 Å². The minimum Gasteiger partial charge on any atom is -0.506 e. The van der Waals surface area contributed by atoms with Gasteiger partial charge in [0, 0.05) is 16.0 Å². The fraction of sp³-hybridized carbons (Fsp3) is 0.188. The SMILES string of the molecule is Cc1c(CC(=O)O)c2cc(O)c(Cl)cc2n1Cc1cccs1. The number of thiophene rings is 1. The van der Waals surface area contributed by atoms with Crippen molar-refractivity contribution in [2.75, 3.05) is 0 Å². The molecule has 6 heteroatoms. The van der Waals surface area contributed by atoms with E-state index in [1.54, 1.807) is 23.5 Å². The van der Waals surface area contributed by atoms with Gasteiger partial charge >= 0.3 is 5.97 Å². The predicted octanol–water partition coefficient (Wildman–Crippen LogP) is 4.05. The van der Waals surface area contributed by atoms with Gasteiger partial charge < -0.3 is 14.8 Å². The molecule has 0 unspecified atom stereocenters. The van der Waals surface area contributed by atoms with Gasteiger partial charge in [0.15, 0.2) is 0 Å². The summed E-state index contributed by atoms with van der Waals surface area (Å²) in [6.07, 6.45) is -0.0825. The molecular formula is C16H14ClNO3S. The van der Waals surface area contributed by atoms with Crippen LogP contribution < -0.4 is 0 Å². The molecule has 0 amide bonds. The van der Waals surface area contributed by atoms with Crippen LogP contribution in [-0.2, 0) is 17.8 Å². The average Bonchev–Trinajstić information content (AvgIpc) is 3.04. The first kappa shape index (κ1) is 14.9. The van der Waals surface area contributed by atoms with Crippen molar-refractivity contribution in [3.05, 3.63) is 50.8 Å². The molecule has 3 rings (SSSR count). The second kappa shape index (κ2) is 5.66. The van der Waals surface area contributed by atoms with Gasteiger partial charge in [-0.2, -0.15) is 0 Å². The molecule has 3 aromatic rings. The lowest BCUT2D eigenvalue weighted by Gasteiger charge is -2.07. The largest absolute Gasteiger partial charge is 0.506 e. The van der Waals surface area contributed by atoms with Gasteiger partial charge in [0.2, 0.25) is 0 Å². The van der Waals surface area contributed by atoms with Crippen molar-refractivity contribution in [1.29, 1.82) is 0 Å². The van der Waals surface area contributed by atoms with E-state index in [1.807, 2.05) is 29.0 Å². The van der Waals surface area contributed by atoms with Gasteiger partial charge in [-0.05, 0) is 36.1 Å². The Bertz CT molecular complexity index is 852. The number of halogens is 1. The van der Waals surface area contributed by atoms with Crippen LogP contribution in [0.5, 0.6) is 5.75 Å². The Labute approximate surface area is 136 Å². The molecule has 0 bridgehead atoms. The highest BCUT2D eigenvalue weighted by Crippen LogP contribution is 2.35. The van der Waals surface area contributed by atoms with E-state index in [-0.39, 0.29) is 17.2 Å². The van der Waals surface area contributed by atoms with Gasteiger partial charge in [0.1, 0.15) is 5.75 Å². The molecule has 0 saturated carbocycles. The maximum Gasteiger partial charge on any atom is 0.307 e. The van der Waals surface area contributed by atoms with Crippen LogP contribution in [0.15, 0.2) is 29.6 Å². The molecule has 0 spiro atoms. The van der Waals surface area contributed by atoms with Crippen molar-refractivity contribution in [1.82, 2.24) is 4.57 Å². The topological polar surface area (TPSA) is 62.5 Å². The first-order valence-corrected chi connectivity index (χ1v) is 7.97. The molecule has 0 aliphatic rings. The zero-order valence-electron chi connectivity index (χ0n) is 11.8. The number of phenols is 1. The van der Waals surface area contributed by atoms with E-state index in [0.717, 1.165) is 16.6 Å². The highest BCUT2D eigenvalue weighted by atomic mass is 35.5. The Morgan fingerprint density at radius 3 is 2.82 bits per heavy atom. The van der Waals surface area contributed by atoms with Crippen LogP contribution in [0.2, 0.25) is 5.02 Å². The zero-order chi connectivity index (χ0) is 15.9. The number of nitrogens with zero attached hydrogens (tertiary/aromatic N) is 1. The number of carboxylic acids is 1. The van der Waals surface area contributed by atoms with Crippen molar-refractivity contribution in [3.8, 4) is 5.75 Å². The molecule has 22 heavy (non-hydrogen) atoms. The number of phenolic OH excluding ortho intramolecular Hbond substituents is 1. The van der Waals surface area contributed by atoms with Crippen molar-refractivity contribution in [2.24, 2.45) is 0 Å². The first-order valence-electron chi connectivity index (χ1n) is 6.71. The summed E-state index contributed by atoms with van der Waals surface area (Å²) in [6, 6.07) is 7.26. The zero-order valence-corrected chi connectivity index (χ0v) is 13.4. The summed E-state index contributed by atoms with van der Waals surface area (Å²) in [4.78, 5) is 12.3. The Morgan fingerprint density at radius 1 is 1.41 bits per heavy atom. The fourth-order valence-electron chi connectivity index (χ4n) is 2.69. The predicted molar refractivity (Wildman–Crippen MR) is 88.1 cm³/mol. The van der Waals surface area contributed by atoms with Crippen LogP contribution in [0, 0.1) is 6.92 Å². The highest BCUT2D eigenvalue weighted by Gasteiger charge is 2.18. The first-order chi connectivity index (χ1) is 10.5. The van der Waals surface area contributed by atoms with Gasteiger partial charge in [-0.3, -0.25) is 4.79 Å². The van der Waals surface area contributed by atoms with Crippen LogP contribution in [0.3, 0.4) is 0 Å². The van der Waals surface area contributed by atoms with Gasteiger partial charge in [-0.15, -0.1) is 11.3 Å². The van der Waals surface area contributed by atoms with E-state index < -0.39 is 5.97 Å². The number of aromatic hydroxyl groups is 1. The van der Waals surface area contributed by atoms with Crippen LogP contribution in [0.4, 0.5) is 0 Å². The average molecular weight is 336 g/mol. The number of hydrogen-bond donors (Lipinski definition) is 2. The molecule has 0 saturated heterocycles. The molecular weight excluding hydrogens is 322 g/mol. The van der Waals surface area contributed by atoms with Gasteiger partial charge in [-0.1, -0.05) is 17.7 Å². The number of hydrogen-bond acceptors (Lipinski definition) is 3. The Balaban J connectivity index is 2.23. The Hall–Kier alpha value is -1.98. The van der Waals surface area contributed by atoms with Crippen molar-refractivity contribution in [3.63, 3.8) is 0 Å². The van der Waals surface area contributed by atoms with Gasteiger partial charge in [-0.25, -0.2) is 0 Å². The van der Waals surface area contributed by atoms with E-state index in [4.69, 9.17) is 16.7 Å². The molecule has 114 valence electrons. The van der Waals surface area contributed by atoms with E-state index in [2.05, 4.69) is 0 Å². The van der Waals surface area contributed by atoms with Crippen molar-refractivity contribution in [2.45, 2.75) is 19.9 Å². The van der Waals surface area contributed by atoms with Gasteiger partial charge in [0.25, 0.3) is 0 Å². The third-order valence-electron chi connectivity index (χ3n) is 3.74. The second-order valence-electron chi connectivity index (χ2n) is 5.12. The quantitative estimate of drug-likeness (QED) is 0.756. The standard InChI is InChI=1S/C16H14ClNO3S/c1-9-11(6-16(20)21)12-5-15(19)13(17)7-14(12)18(9)8-10-3-2-4-22-10/h2-5,7,19H,6,8H2,1H3,(H,20,21). The van der Waals surface area contributed by atoms with Crippen molar-refractivity contribution < 1.29 is 15.0 Å². The molecule has 4 nitrogen and oxygen atoms in total. The van der Waals surface area contributed by atoms with Crippen LogP contribution in [0.25, 0.3) is 10.9 Å². The molecule has 0 radical (unpaired) electrons. The van der Waals surface area contributed by atoms with Gasteiger partial charge in [0.05, 0.1) is 23.5 Å². The van der Waals surface area contributed by atoms with E-state index in [1.165, 1.54) is 4.88 Å². The monoisotopic (exact) mass is 335 g/mol. The second-order valence-corrected chi connectivity index (χ2v) is 6.56. The molecule has 0 aliphatic heterocycles. The lowest BCUT2D eigenvalue weighted by Crippen LogP contribution is -2.04.